The van der Waals surface area contributed by atoms with Crippen molar-refractivity contribution in [3.63, 3.8) is 0 Å². The number of carboxylic acids is 1. The van der Waals surface area contributed by atoms with Gasteiger partial charge in [-0.1, -0.05) is 6.07 Å². The minimum atomic E-state index is -5.98. The Balaban J connectivity index is 2.68. The van der Waals surface area contributed by atoms with Gasteiger partial charge in [0.1, 0.15) is 5.69 Å². The molecule has 0 bridgehead atoms. The normalized spacial score (nSPS) is 12.1. The minimum Gasteiger partial charge on any atom is -0.477 e. The number of hydrogen-bond donors (Lipinski definition) is 2. The van der Waals surface area contributed by atoms with Gasteiger partial charge in [0.2, 0.25) is 0 Å². The summed E-state index contributed by atoms with van der Waals surface area (Å²) in [5, 5.41) is 9.93. The Hall–Kier alpha value is -2.26. The molecular weight excluding hydrogens is 291 g/mol. The number of nitrogens with zero attached hydrogens (tertiary/aromatic N) is 1. The van der Waals surface area contributed by atoms with Gasteiger partial charge in [0.25, 0.3) is 0 Å². The van der Waals surface area contributed by atoms with Gasteiger partial charge < -0.3 is 10.4 Å². The van der Waals surface area contributed by atoms with Crippen LogP contribution in [0.15, 0.2) is 18.3 Å². The van der Waals surface area contributed by atoms with Gasteiger partial charge in [-0.05, 0) is 11.6 Å². The fourth-order valence-electron chi connectivity index (χ4n) is 1.08. The molecule has 5 nitrogen and oxygen atoms in total. The summed E-state index contributed by atoms with van der Waals surface area (Å²) < 4.78 is 60.7. The SMILES string of the molecule is O=C(O)c1ccc(CNC(=O)C(F)(F)C(F)(F)F)cn1. The van der Waals surface area contributed by atoms with Crippen molar-refractivity contribution in [2.45, 2.75) is 18.6 Å². The molecule has 0 aliphatic rings. The Labute approximate surface area is 108 Å². The maximum Gasteiger partial charge on any atom is 0.463 e. The summed E-state index contributed by atoms with van der Waals surface area (Å²) in [4.78, 5) is 24.6. The molecule has 10 heteroatoms. The molecule has 1 heterocycles. The van der Waals surface area contributed by atoms with Gasteiger partial charge in [0, 0.05) is 12.7 Å². The number of carbonyl (C=O) groups is 2. The molecular formula is C10H7F5N2O3. The fourth-order valence-corrected chi connectivity index (χ4v) is 1.08. The van der Waals surface area contributed by atoms with Crippen LogP contribution in [0.4, 0.5) is 22.0 Å². The maximum absolute atomic E-state index is 12.6. The van der Waals surface area contributed by atoms with Gasteiger partial charge in [-0.2, -0.15) is 22.0 Å². The van der Waals surface area contributed by atoms with E-state index in [4.69, 9.17) is 5.11 Å². The van der Waals surface area contributed by atoms with Gasteiger partial charge in [0.05, 0.1) is 0 Å². The number of rotatable bonds is 4. The first-order chi connectivity index (χ1) is 9.05. The molecule has 0 aliphatic heterocycles. The van der Waals surface area contributed by atoms with Crippen LogP contribution in [0.3, 0.4) is 0 Å². The molecule has 0 fully saturated rings. The third-order valence-electron chi connectivity index (χ3n) is 2.14. The van der Waals surface area contributed by atoms with E-state index in [2.05, 4.69) is 4.98 Å². The number of carbonyl (C=O) groups excluding carboxylic acids is 1. The lowest BCUT2D eigenvalue weighted by Crippen LogP contribution is -2.50. The molecule has 1 rings (SSSR count). The third kappa shape index (κ3) is 3.39. The Morgan fingerprint density at radius 1 is 1.20 bits per heavy atom. The van der Waals surface area contributed by atoms with Crippen LogP contribution < -0.4 is 5.32 Å². The van der Waals surface area contributed by atoms with E-state index in [0.29, 0.717) is 0 Å². The Morgan fingerprint density at radius 2 is 1.80 bits per heavy atom. The first-order valence-corrected chi connectivity index (χ1v) is 4.97. The summed E-state index contributed by atoms with van der Waals surface area (Å²) in [6.07, 6.45) is -5.04. The topological polar surface area (TPSA) is 79.3 Å². The number of carboxylic acid groups (broad SMARTS) is 1. The number of halogens is 5. The zero-order chi connectivity index (χ0) is 15.6. The van der Waals surface area contributed by atoms with Gasteiger partial charge >= 0.3 is 24.0 Å². The molecule has 0 aliphatic carbocycles. The Morgan fingerprint density at radius 3 is 2.20 bits per heavy atom. The number of amides is 1. The lowest BCUT2D eigenvalue weighted by molar-refractivity contribution is -0.269. The van der Waals surface area contributed by atoms with E-state index in [1.165, 1.54) is 5.32 Å². The molecule has 20 heavy (non-hydrogen) atoms. The first-order valence-electron chi connectivity index (χ1n) is 4.97. The summed E-state index contributed by atoms with van der Waals surface area (Å²) in [5.74, 6) is -9.32. The lowest BCUT2D eigenvalue weighted by atomic mass is 10.2. The molecule has 1 aromatic rings. The van der Waals surface area contributed by atoms with Gasteiger partial charge in [-0.3, -0.25) is 4.79 Å². The number of aromatic carboxylic acids is 1. The monoisotopic (exact) mass is 298 g/mol. The van der Waals surface area contributed by atoms with Crippen LogP contribution in [0.2, 0.25) is 0 Å². The van der Waals surface area contributed by atoms with Crippen LogP contribution in [-0.2, 0) is 11.3 Å². The summed E-state index contributed by atoms with van der Waals surface area (Å²) in [6, 6.07) is 2.15. The van der Waals surface area contributed by atoms with Gasteiger partial charge in [0.15, 0.2) is 0 Å². The summed E-state index contributed by atoms with van der Waals surface area (Å²) in [6.45, 7) is -0.641. The molecule has 0 saturated carbocycles. The second-order valence-corrected chi connectivity index (χ2v) is 3.61. The highest BCUT2D eigenvalue weighted by molar-refractivity contribution is 5.85. The van der Waals surface area contributed by atoms with E-state index in [1.807, 2.05) is 0 Å². The van der Waals surface area contributed by atoms with Crippen molar-refractivity contribution in [1.82, 2.24) is 10.3 Å². The van der Waals surface area contributed by atoms with E-state index in [-0.39, 0.29) is 11.3 Å². The Kier molecular flexibility index (Phi) is 4.26. The number of pyridine rings is 1. The molecule has 0 aromatic carbocycles. The molecule has 0 saturated heterocycles. The van der Waals surface area contributed by atoms with Crippen molar-refractivity contribution >= 4 is 11.9 Å². The van der Waals surface area contributed by atoms with Gasteiger partial charge in [-0.15, -0.1) is 0 Å². The summed E-state index contributed by atoms with van der Waals surface area (Å²) in [5.41, 5.74) is -0.262. The van der Waals surface area contributed by atoms with Crippen molar-refractivity contribution in [3.05, 3.63) is 29.6 Å². The average molecular weight is 298 g/mol. The molecule has 0 spiro atoms. The first kappa shape index (κ1) is 15.8. The third-order valence-corrected chi connectivity index (χ3v) is 2.14. The predicted octanol–water partition coefficient (Wildman–Crippen LogP) is 1.59. The van der Waals surface area contributed by atoms with Crippen molar-refractivity contribution in [2.75, 3.05) is 0 Å². The zero-order valence-electron chi connectivity index (χ0n) is 9.54. The summed E-state index contributed by atoms with van der Waals surface area (Å²) >= 11 is 0. The Bertz CT molecular complexity index is 513. The maximum atomic E-state index is 12.6. The fraction of sp³-hybridized carbons (Fsp3) is 0.300. The molecule has 0 unspecified atom stereocenters. The van der Waals surface area contributed by atoms with E-state index >= 15 is 0 Å². The second-order valence-electron chi connectivity index (χ2n) is 3.61. The highest BCUT2D eigenvalue weighted by Crippen LogP contribution is 2.35. The number of alkyl halides is 5. The lowest BCUT2D eigenvalue weighted by Gasteiger charge is -2.18. The van der Waals surface area contributed by atoms with Crippen molar-refractivity contribution in [1.29, 1.82) is 0 Å². The average Bonchev–Trinajstić information content (AvgIpc) is 2.34. The molecule has 110 valence electrons. The quantitative estimate of drug-likeness (QED) is 0.827. The van der Waals surface area contributed by atoms with Crippen LogP contribution in [0.1, 0.15) is 16.1 Å². The van der Waals surface area contributed by atoms with Crippen LogP contribution in [0.5, 0.6) is 0 Å². The van der Waals surface area contributed by atoms with Crippen LogP contribution in [0, 0.1) is 0 Å². The number of hydrogen-bond acceptors (Lipinski definition) is 3. The van der Waals surface area contributed by atoms with Crippen molar-refractivity contribution in [2.24, 2.45) is 0 Å². The predicted molar refractivity (Wildman–Crippen MR) is 54.0 cm³/mol. The zero-order valence-corrected chi connectivity index (χ0v) is 9.54. The largest absolute Gasteiger partial charge is 0.477 e. The van der Waals surface area contributed by atoms with Gasteiger partial charge in [-0.25, -0.2) is 9.78 Å². The molecule has 2 N–H and O–H groups in total. The minimum absolute atomic E-state index is 0.0707. The van der Waals surface area contributed by atoms with E-state index in [9.17, 15) is 31.5 Å². The van der Waals surface area contributed by atoms with E-state index < -0.39 is 30.5 Å². The van der Waals surface area contributed by atoms with Crippen LogP contribution >= 0.6 is 0 Å². The smallest absolute Gasteiger partial charge is 0.463 e. The van der Waals surface area contributed by atoms with E-state index in [0.717, 1.165) is 18.3 Å². The number of nitrogens with one attached hydrogen (secondary N) is 1. The second kappa shape index (κ2) is 5.39. The standard InChI is InChI=1S/C10H7F5N2O3/c11-9(12,10(13,14)15)8(20)17-4-5-1-2-6(7(18)19)16-3-5/h1-3H,4H2,(H,17,20)(H,18,19). The highest BCUT2D eigenvalue weighted by atomic mass is 19.4. The summed E-state index contributed by atoms with van der Waals surface area (Å²) in [7, 11) is 0. The van der Waals surface area contributed by atoms with Crippen molar-refractivity contribution < 1.29 is 36.6 Å². The molecule has 0 radical (unpaired) electrons. The molecule has 1 amide bonds. The molecule has 0 atom stereocenters. The highest BCUT2D eigenvalue weighted by Gasteiger charge is 2.63. The van der Waals surface area contributed by atoms with E-state index in [1.54, 1.807) is 0 Å². The number of aromatic nitrogens is 1. The van der Waals surface area contributed by atoms with Crippen LogP contribution in [0.25, 0.3) is 0 Å². The van der Waals surface area contributed by atoms with Crippen molar-refractivity contribution in [3.8, 4) is 0 Å². The molecule has 1 aromatic heterocycles. The van der Waals surface area contributed by atoms with Crippen LogP contribution in [-0.4, -0.2) is 34.1 Å².